The van der Waals surface area contributed by atoms with E-state index < -0.39 is 0 Å². The van der Waals surface area contributed by atoms with Crippen molar-refractivity contribution in [3.05, 3.63) is 29.3 Å². The van der Waals surface area contributed by atoms with E-state index in [0.29, 0.717) is 25.9 Å². The quantitative estimate of drug-likeness (QED) is 0.795. The summed E-state index contributed by atoms with van der Waals surface area (Å²) in [5.74, 6) is 0.498. The third-order valence-corrected chi connectivity index (χ3v) is 5.06. The monoisotopic (exact) mass is 331 g/mol. The van der Waals surface area contributed by atoms with Crippen molar-refractivity contribution in [1.29, 1.82) is 0 Å². The second-order valence-electron chi connectivity index (χ2n) is 6.60. The number of fused-ring (bicyclic) bond motifs is 1. The number of esters is 1. The number of likely N-dealkylation sites (tertiary alicyclic amines) is 1. The van der Waals surface area contributed by atoms with Crippen LogP contribution in [0.2, 0.25) is 0 Å². The summed E-state index contributed by atoms with van der Waals surface area (Å²) >= 11 is 0. The lowest BCUT2D eigenvalue weighted by atomic mass is 9.92. The minimum Gasteiger partial charge on any atom is -0.484 e. The summed E-state index contributed by atoms with van der Waals surface area (Å²) in [5.41, 5.74) is 2.76. The first-order valence-corrected chi connectivity index (χ1v) is 8.77. The molecule has 0 saturated carbocycles. The lowest BCUT2D eigenvalue weighted by Crippen LogP contribution is -2.42. The van der Waals surface area contributed by atoms with Gasteiger partial charge in [-0.15, -0.1) is 0 Å². The molecule has 1 aromatic rings. The Kier molecular flexibility index (Phi) is 5.38. The van der Waals surface area contributed by atoms with Crippen LogP contribution < -0.4 is 4.74 Å². The standard InChI is InChI=1S/C19H25NO4/c1-23-19(22)15-8-10-20(11-9-15)18(21)13-24-17-7-6-14-4-2-3-5-16(14)12-17/h6-7,12,15H,2-5,8-11,13H2,1H3. The van der Waals surface area contributed by atoms with Crippen LogP contribution in [0.1, 0.15) is 36.8 Å². The molecule has 1 fully saturated rings. The van der Waals surface area contributed by atoms with Crippen molar-refractivity contribution in [2.24, 2.45) is 5.92 Å². The minimum absolute atomic E-state index is 0.0176. The third-order valence-electron chi connectivity index (χ3n) is 5.06. The zero-order valence-corrected chi connectivity index (χ0v) is 14.3. The largest absolute Gasteiger partial charge is 0.484 e. The van der Waals surface area contributed by atoms with Crippen LogP contribution in [0.15, 0.2) is 18.2 Å². The summed E-state index contributed by atoms with van der Waals surface area (Å²) in [6.07, 6.45) is 6.05. The van der Waals surface area contributed by atoms with E-state index >= 15 is 0 Å². The fourth-order valence-corrected chi connectivity index (χ4v) is 3.57. The highest BCUT2D eigenvalue weighted by atomic mass is 16.5. The number of piperidine rings is 1. The number of carbonyl (C=O) groups is 2. The van der Waals surface area contributed by atoms with Crippen molar-refractivity contribution in [2.45, 2.75) is 38.5 Å². The van der Waals surface area contributed by atoms with E-state index in [-0.39, 0.29) is 24.4 Å². The molecule has 1 aliphatic heterocycles. The van der Waals surface area contributed by atoms with E-state index in [1.165, 1.54) is 31.1 Å². The van der Waals surface area contributed by atoms with E-state index in [9.17, 15) is 9.59 Å². The van der Waals surface area contributed by atoms with Gasteiger partial charge in [-0.2, -0.15) is 0 Å². The Morgan fingerprint density at radius 2 is 1.83 bits per heavy atom. The normalized spacial score (nSPS) is 18.0. The highest BCUT2D eigenvalue weighted by Gasteiger charge is 2.27. The molecule has 2 aliphatic rings. The first kappa shape index (κ1) is 16.8. The second-order valence-corrected chi connectivity index (χ2v) is 6.60. The third kappa shape index (κ3) is 3.89. The number of nitrogens with zero attached hydrogens (tertiary/aromatic N) is 1. The van der Waals surface area contributed by atoms with Crippen molar-refractivity contribution in [3.8, 4) is 5.75 Å². The Labute approximate surface area is 142 Å². The first-order valence-electron chi connectivity index (χ1n) is 8.77. The van der Waals surface area contributed by atoms with E-state index in [2.05, 4.69) is 12.1 Å². The zero-order valence-electron chi connectivity index (χ0n) is 14.3. The fraction of sp³-hybridized carbons (Fsp3) is 0.579. The van der Waals surface area contributed by atoms with E-state index in [1.54, 1.807) is 4.90 Å². The molecular formula is C19H25NO4. The molecule has 0 aromatic heterocycles. The first-order chi connectivity index (χ1) is 11.7. The van der Waals surface area contributed by atoms with Crippen molar-refractivity contribution in [2.75, 3.05) is 26.8 Å². The van der Waals surface area contributed by atoms with Crippen LogP contribution in [0.25, 0.3) is 0 Å². The van der Waals surface area contributed by atoms with Gasteiger partial charge in [0.15, 0.2) is 6.61 Å². The molecule has 24 heavy (non-hydrogen) atoms. The van der Waals surface area contributed by atoms with Gasteiger partial charge in [0, 0.05) is 13.1 Å². The number of ether oxygens (including phenoxy) is 2. The molecule has 1 aromatic carbocycles. The molecule has 1 aliphatic carbocycles. The Balaban J connectivity index is 1.48. The van der Waals surface area contributed by atoms with Gasteiger partial charge in [-0.3, -0.25) is 9.59 Å². The number of carbonyl (C=O) groups excluding carboxylic acids is 2. The Bertz CT molecular complexity index is 605. The van der Waals surface area contributed by atoms with Gasteiger partial charge in [0.2, 0.25) is 0 Å². The molecule has 0 N–H and O–H groups in total. The topological polar surface area (TPSA) is 55.8 Å². The fourth-order valence-electron chi connectivity index (χ4n) is 3.57. The van der Waals surface area contributed by atoms with Crippen LogP contribution in [0.3, 0.4) is 0 Å². The molecule has 130 valence electrons. The highest BCUT2D eigenvalue weighted by molar-refractivity contribution is 5.78. The van der Waals surface area contributed by atoms with Crippen LogP contribution >= 0.6 is 0 Å². The maximum atomic E-state index is 12.3. The van der Waals surface area contributed by atoms with Gasteiger partial charge < -0.3 is 14.4 Å². The summed E-state index contributed by atoms with van der Waals surface area (Å²) in [5, 5.41) is 0. The van der Waals surface area contributed by atoms with E-state index in [1.807, 2.05) is 6.07 Å². The van der Waals surface area contributed by atoms with Crippen molar-refractivity contribution in [3.63, 3.8) is 0 Å². The summed E-state index contributed by atoms with van der Waals surface area (Å²) in [4.78, 5) is 25.6. The molecule has 1 heterocycles. The Hall–Kier alpha value is -2.04. The van der Waals surface area contributed by atoms with Crippen LogP contribution in [-0.4, -0.2) is 43.6 Å². The SMILES string of the molecule is COC(=O)C1CCN(C(=O)COc2ccc3c(c2)CCCC3)CC1. The van der Waals surface area contributed by atoms with Gasteiger partial charge >= 0.3 is 5.97 Å². The van der Waals surface area contributed by atoms with Gasteiger partial charge in [-0.05, 0) is 61.8 Å². The maximum absolute atomic E-state index is 12.3. The van der Waals surface area contributed by atoms with Crippen molar-refractivity contribution >= 4 is 11.9 Å². The predicted molar refractivity (Wildman–Crippen MR) is 89.9 cm³/mol. The van der Waals surface area contributed by atoms with Gasteiger partial charge in [-0.1, -0.05) is 6.07 Å². The lowest BCUT2D eigenvalue weighted by molar-refractivity contribution is -0.149. The van der Waals surface area contributed by atoms with Crippen molar-refractivity contribution in [1.82, 2.24) is 4.90 Å². The number of amides is 1. The van der Waals surface area contributed by atoms with Gasteiger partial charge in [0.05, 0.1) is 13.0 Å². The van der Waals surface area contributed by atoms with Crippen LogP contribution in [-0.2, 0) is 27.2 Å². The molecular weight excluding hydrogens is 306 g/mol. The molecule has 0 spiro atoms. The summed E-state index contributed by atoms with van der Waals surface area (Å²) < 4.78 is 10.5. The van der Waals surface area contributed by atoms with Gasteiger partial charge in [-0.25, -0.2) is 0 Å². The Morgan fingerprint density at radius 3 is 2.54 bits per heavy atom. The summed E-state index contributed by atoms with van der Waals surface area (Å²) in [6, 6.07) is 6.16. The number of methoxy groups -OCH3 is 1. The summed E-state index contributed by atoms with van der Waals surface area (Å²) in [7, 11) is 1.41. The number of rotatable bonds is 4. The van der Waals surface area contributed by atoms with E-state index in [0.717, 1.165) is 18.6 Å². The highest BCUT2D eigenvalue weighted by Crippen LogP contribution is 2.25. The molecule has 0 unspecified atom stereocenters. The van der Waals surface area contributed by atoms with Crippen molar-refractivity contribution < 1.29 is 19.1 Å². The molecule has 5 nitrogen and oxygen atoms in total. The lowest BCUT2D eigenvalue weighted by Gasteiger charge is -2.30. The average molecular weight is 331 g/mol. The molecule has 1 amide bonds. The predicted octanol–water partition coefficient (Wildman–Crippen LogP) is 2.36. The van der Waals surface area contributed by atoms with Crippen LogP contribution in [0.5, 0.6) is 5.75 Å². The van der Waals surface area contributed by atoms with Gasteiger partial charge in [0.1, 0.15) is 5.75 Å². The molecule has 0 bridgehead atoms. The number of aryl methyl sites for hydroxylation is 2. The molecule has 0 radical (unpaired) electrons. The molecule has 5 heteroatoms. The average Bonchev–Trinajstić information content (AvgIpc) is 2.65. The maximum Gasteiger partial charge on any atom is 0.308 e. The molecule has 3 rings (SSSR count). The smallest absolute Gasteiger partial charge is 0.308 e. The number of benzene rings is 1. The summed E-state index contributed by atoms with van der Waals surface area (Å²) in [6.45, 7) is 1.24. The second kappa shape index (κ2) is 7.69. The number of hydrogen-bond donors (Lipinski definition) is 0. The van der Waals surface area contributed by atoms with Crippen LogP contribution in [0.4, 0.5) is 0 Å². The van der Waals surface area contributed by atoms with Gasteiger partial charge in [0.25, 0.3) is 5.91 Å². The Morgan fingerprint density at radius 1 is 1.12 bits per heavy atom. The van der Waals surface area contributed by atoms with Crippen LogP contribution in [0, 0.1) is 5.92 Å². The minimum atomic E-state index is -0.174. The molecule has 0 atom stereocenters. The van der Waals surface area contributed by atoms with E-state index in [4.69, 9.17) is 9.47 Å². The number of hydrogen-bond acceptors (Lipinski definition) is 4. The molecule has 1 saturated heterocycles. The zero-order chi connectivity index (χ0) is 16.9.